The average Bonchev–Trinajstić information content (AvgIpc) is 3.11. The van der Waals surface area contributed by atoms with Gasteiger partial charge in [-0.15, -0.1) is 0 Å². The van der Waals surface area contributed by atoms with Crippen molar-refractivity contribution in [1.82, 2.24) is 9.97 Å². The molecule has 0 unspecified atom stereocenters. The van der Waals surface area contributed by atoms with Crippen LogP contribution in [0.2, 0.25) is 0 Å². The second-order valence-electron chi connectivity index (χ2n) is 10.7. The number of allylic oxidation sites excluding steroid dienone is 4. The number of hydrogen-bond donors (Lipinski definition) is 2. The smallest absolute Gasteiger partial charge is 0.0873 e. The molecule has 1 aliphatic rings. The molecule has 2 N–H and O–H groups in total. The van der Waals surface area contributed by atoms with Crippen LogP contribution in [0.1, 0.15) is 11.1 Å². The van der Waals surface area contributed by atoms with Crippen molar-refractivity contribution >= 4 is 22.6 Å². The number of hydrogen-bond acceptors (Lipinski definition) is 4. The number of nitrogens with zero attached hydrogens (tertiary/aromatic N) is 2. The van der Waals surface area contributed by atoms with Crippen LogP contribution in [-0.4, -0.2) is 21.4 Å². The fourth-order valence-electron chi connectivity index (χ4n) is 5.55. The third-order valence-electron chi connectivity index (χ3n) is 8.02. The zero-order valence-corrected chi connectivity index (χ0v) is 23.9. The van der Waals surface area contributed by atoms with Gasteiger partial charge in [0.2, 0.25) is 0 Å². The summed E-state index contributed by atoms with van der Waals surface area (Å²) >= 11 is 0. The first-order valence-electron chi connectivity index (χ1n) is 14.5. The van der Waals surface area contributed by atoms with Crippen LogP contribution in [0.15, 0.2) is 158 Å². The van der Waals surface area contributed by atoms with Crippen LogP contribution in [0.25, 0.3) is 55.7 Å². The predicted octanol–water partition coefficient (Wildman–Crippen LogP) is 9.66. The highest BCUT2D eigenvalue weighted by atomic mass is 14.6. The van der Waals surface area contributed by atoms with Crippen LogP contribution in [0, 0.1) is 10.8 Å². The van der Waals surface area contributed by atoms with Crippen LogP contribution in [-0.2, 0) is 0 Å². The van der Waals surface area contributed by atoms with Crippen molar-refractivity contribution in [3.63, 3.8) is 0 Å². The van der Waals surface area contributed by atoms with Gasteiger partial charge in [-0.3, -0.25) is 20.8 Å². The van der Waals surface area contributed by atoms with E-state index in [1.165, 1.54) is 0 Å². The van der Waals surface area contributed by atoms with Gasteiger partial charge in [0.15, 0.2) is 0 Å². The van der Waals surface area contributed by atoms with Crippen LogP contribution in [0.3, 0.4) is 0 Å². The fourth-order valence-corrected chi connectivity index (χ4v) is 5.55. The molecular formula is C40H28N4. The quantitative estimate of drug-likeness (QED) is 0.198. The molecule has 44 heavy (non-hydrogen) atoms. The van der Waals surface area contributed by atoms with Gasteiger partial charge in [-0.05, 0) is 67.8 Å². The Kier molecular flexibility index (Phi) is 7.15. The van der Waals surface area contributed by atoms with Crippen molar-refractivity contribution < 1.29 is 0 Å². The lowest BCUT2D eigenvalue weighted by Crippen LogP contribution is -2.18. The van der Waals surface area contributed by atoms with Gasteiger partial charge < -0.3 is 0 Å². The first-order chi connectivity index (χ1) is 21.6. The molecule has 0 aliphatic heterocycles. The lowest BCUT2D eigenvalue weighted by molar-refractivity contribution is 1.33. The highest BCUT2D eigenvalue weighted by Gasteiger charge is 2.21. The first kappa shape index (κ1) is 26.9. The molecule has 2 heterocycles. The summed E-state index contributed by atoms with van der Waals surface area (Å²) in [7, 11) is 0. The lowest BCUT2D eigenvalue weighted by atomic mass is 9.86. The summed E-state index contributed by atoms with van der Waals surface area (Å²) in [6.45, 7) is 0. The van der Waals surface area contributed by atoms with E-state index in [1.807, 2.05) is 60.9 Å². The monoisotopic (exact) mass is 564 g/mol. The molecular weight excluding hydrogens is 536 g/mol. The molecule has 6 aromatic rings. The Labute approximate surface area is 256 Å². The molecule has 0 spiro atoms. The van der Waals surface area contributed by atoms with Gasteiger partial charge in [-0.1, -0.05) is 121 Å². The fraction of sp³-hybridized carbons (Fsp3) is 0. The Balaban J connectivity index is 1.08. The van der Waals surface area contributed by atoms with E-state index in [2.05, 4.69) is 94.9 Å². The summed E-state index contributed by atoms with van der Waals surface area (Å²) in [6, 6.07) is 41.4. The Bertz CT molecular complexity index is 1870. The van der Waals surface area contributed by atoms with Crippen molar-refractivity contribution in [3.05, 3.63) is 169 Å². The first-order valence-corrected chi connectivity index (χ1v) is 14.5. The summed E-state index contributed by atoms with van der Waals surface area (Å²) < 4.78 is 0. The molecule has 0 amide bonds. The molecule has 0 bridgehead atoms. The standard InChI is InChI=1S/C40H28N4/c41-39-37(33-17-13-29(14-18-33)27-5-9-31(10-6-27)35-3-1-23-43-25-35)21-22-38(40(39)42)34-19-15-30(16-20-34)28-7-11-32(12-8-28)36-4-2-24-44-26-36/h1-26,41-42H. The van der Waals surface area contributed by atoms with E-state index in [9.17, 15) is 0 Å². The minimum atomic E-state index is 0.228. The lowest BCUT2D eigenvalue weighted by Gasteiger charge is -2.18. The second-order valence-corrected chi connectivity index (χ2v) is 10.7. The maximum atomic E-state index is 8.82. The highest BCUT2D eigenvalue weighted by Crippen LogP contribution is 2.31. The van der Waals surface area contributed by atoms with Gasteiger partial charge in [-0.2, -0.15) is 0 Å². The number of pyridine rings is 2. The zero-order valence-electron chi connectivity index (χ0n) is 23.9. The zero-order chi connectivity index (χ0) is 29.9. The van der Waals surface area contributed by atoms with Gasteiger partial charge >= 0.3 is 0 Å². The molecule has 4 aromatic carbocycles. The molecule has 2 aromatic heterocycles. The number of rotatable bonds is 6. The molecule has 0 saturated carbocycles. The van der Waals surface area contributed by atoms with Crippen LogP contribution in [0.4, 0.5) is 0 Å². The highest BCUT2D eigenvalue weighted by molar-refractivity contribution is 6.68. The van der Waals surface area contributed by atoms with E-state index in [1.54, 1.807) is 12.4 Å². The minimum Gasteiger partial charge on any atom is -0.298 e. The van der Waals surface area contributed by atoms with Crippen molar-refractivity contribution in [2.24, 2.45) is 0 Å². The van der Waals surface area contributed by atoms with E-state index in [0.29, 0.717) is 0 Å². The molecule has 0 atom stereocenters. The van der Waals surface area contributed by atoms with E-state index >= 15 is 0 Å². The average molecular weight is 565 g/mol. The normalized spacial score (nSPS) is 12.9. The minimum absolute atomic E-state index is 0.228. The van der Waals surface area contributed by atoms with Crippen LogP contribution in [0.5, 0.6) is 0 Å². The van der Waals surface area contributed by atoms with Gasteiger partial charge in [0, 0.05) is 35.9 Å². The molecule has 0 radical (unpaired) electrons. The van der Waals surface area contributed by atoms with Crippen molar-refractivity contribution in [1.29, 1.82) is 10.8 Å². The maximum Gasteiger partial charge on any atom is 0.0873 e. The summed E-state index contributed by atoms with van der Waals surface area (Å²) in [5.74, 6) is 0. The SMILES string of the molecule is N=C1C(=N)C(c2ccc(-c3ccc(-c4cccnc4)cc3)cc2)=CC=C1c1ccc(-c2ccc(-c3cccnc3)cc2)cc1. The van der Waals surface area contributed by atoms with E-state index in [4.69, 9.17) is 10.8 Å². The molecule has 1 aliphatic carbocycles. The molecule has 0 saturated heterocycles. The Morgan fingerprint density at radius 2 is 0.591 bits per heavy atom. The summed E-state index contributed by atoms with van der Waals surface area (Å²) in [5.41, 5.74) is 12.7. The Morgan fingerprint density at radius 3 is 0.864 bits per heavy atom. The third-order valence-corrected chi connectivity index (χ3v) is 8.02. The Morgan fingerprint density at radius 1 is 0.318 bits per heavy atom. The van der Waals surface area contributed by atoms with Gasteiger partial charge in [0.25, 0.3) is 0 Å². The third kappa shape index (κ3) is 5.33. The van der Waals surface area contributed by atoms with Gasteiger partial charge in [0.1, 0.15) is 0 Å². The Hall–Kier alpha value is -6.00. The molecule has 4 nitrogen and oxygen atoms in total. The number of benzene rings is 4. The van der Waals surface area contributed by atoms with Crippen molar-refractivity contribution in [2.45, 2.75) is 0 Å². The van der Waals surface area contributed by atoms with Gasteiger partial charge in [0.05, 0.1) is 11.4 Å². The van der Waals surface area contributed by atoms with Gasteiger partial charge in [-0.25, -0.2) is 0 Å². The van der Waals surface area contributed by atoms with E-state index < -0.39 is 0 Å². The van der Waals surface area contributed by atoms with Crippen molar-refractivity contribution in [2.75, 3.05) is 0 Å². The largest absolute Gasteiger partial charge is 0.298 e. The number of aromatic nitrogens is 2. The maximum absolute atomic E-state index is 8.82. The summed E-state index contributed by atoms with van der Waals surface area (Å²) in [5, 5.41) is 17.6. The predicted molar refractivity (Wildman–Crippen MR) is 182 cm³/mol. The number of nitrogens with one attached hydrogen (secondary N) is 2. The van der Waals surface area contributed by atoms with E-state index in [0.717, 1.165) is 66.8 Å². The summed E-state index contributed by atoms with van der Waals surface area (Å²) in [6.07, 6.45) is 11.2. The molecule has 208 valence electrons. The molecule has 7 rings (SSSR count). The second kappa shape index (κ2) is 11.7. The van der Waals surface area contributed by atoms with E-state index in [-0.39, 0.29) is 11.4 Å². The van der Waals surface area contributed by atoms with Crippen LogP contribution >= 0.6 is 0 Å². The summed E-state index contributed by atoms with van der Waals surface area (Å²) in [4.78, 5) is 8.42. The van der Waals surface area contributed by atoms with Crippen molar-refractivity contribution in [3.8, 4) is 44.5 Å². The topological polar surface area (TPSA) is 73.5 Å². The van der Waals surface area contributed by atoms with Crippen LogP contribution < -0.4 is 0 Å². The molecule has 0 fully saturated rings. The molecule has 4 heteroatoms.